The highest BCUT2D eigenvalue weighted by molar-refractivity contribution is 5.99. The number of hydrogen-bond donors (Lipinski definition) is 2. The topological polar surface area (TPSA) is 107 Å². The van der Waals surface area contributed by atoms with Crippen LogP contribution in [-0.2, 0) is 4.74 Å². The summed E-state index contributed by atoms with van der Waals surface area (Å²) < 4.78 is 18.0. The number of amides is 1. The average molecular weight is 271 g/mol. The van der Waals surface area contributed by atoms with E-state index >= 15 is 0 Å². The summed E-state index contributed by atoms with van der Waals surface area (Å²) in [5.41, 5.74) is 4.12. The predicted octanol–water partition coefficient (Wildman–Crippen LogP) is 1.08. The van der Waals surface area contributed by atoms with Crippen molar-refractivity contribution in [2.75, 3.05) is 26.0 Å². The van der Waals surface area contributed by atoms with Gasteiger partial charge in [-0.15, -0.1) is 0 Å². The highest BCUT2D eigenvalue weighted by Gasteiger charge is 2.22. The first-order valence-electron chi connectivity index (χ1n) is 5.48. The molecular weight excluding hydrogens is 257 g/mol. The summed E-state index contributed by atoms with van der Waals surface area (Å²) in [6.45, 7) is 0.745. The van der Waals surface area contributed by atoms with Gasteiger partial charge >= 0.3 is 0 Å². The second-order valence-corrected chi connectivity index (χ2v) is 3.75. The van der Waals surface area contributed by atoms with E-state index < -0.39 is 22.3 Å². The van der Waals surface area contributed by atoms with Gasteiger partial charge < -0.3 is 15.8 Å². The number of rotatable bonds is 6. The lowest BCUT2D eigenvalue weighted by molar-refractivity contribution is -0.385. The lowest BCUT2D eigenvalue weighted by Gasteiger charge is -2.07. The lowest BCUT2D eigenvalue weighted by Crippen LogP contribution is -2.26. The molecule has 0 aliphatic carbocycles. The molecule has 19 heavy (non-hydrogen) atoms. The first kappa shape index (κ1) is 14.8. The number of carbonyl (C=O) groups is 1. The molecule has 0 aliphatic heterocycles. The van der Waals surface area contributed by atoms with E-state index in [1.165, 1.54) is 7.11 Å². The number of halogens is 1. The van der Waals surface area contributed by atoms with Crippen LogP contribution in [0.2, 0.25) is 0 Å². The molecule has 0 aliphatic rings. The van der Waals surface area contributed by atoms with E-state index in [0.717, 1.165) is 6.07 Å². The minimum Gasteiger partial charge on any atom is -0.396 e. The van der Waals surface area contributed by atoms with E-state index in [2.05, 4.69) is 5.32 Å². The third-order valence-corrected chi connectivity index (χ3v) is 2.37. The first-order chi connectivity index (χ1) is 8.97. The van der Waals surface area contributed by atoms with Gasteiger partial charge in [-0.1, -0.05) is 0 Å². The van der Waals surface area contributed by atoms with E-state index in [0.29, 0.717) is 25.6 Å². The highest BCUT2D eigenvalue weighted by Crippen LogP contribution is 2.24. The summed E-state index contributed by atoms with van der Waals surface area (Å²) in [6, 6.07) is 1.60. The number of methoxy groups -OCH3 is 1. The summed E-state index contributed by atoms with van der Waals surface area (Å²) in [5.74, 6) is -1.60. The van der Waals surface area contributed by atoms with Gasteiger partial charge in [0.15, 0.2) is 5.82 Å². The molecule has 104 valence electrons. The van der Waals surface area contributed by atoms with Crippen molar-refractivity contribution in [1.29, 1.82) is 0 Å². The molecule has 1 aromatic rings. The summed E-state index contributed by atoms with van der Waals surface area (Å²) in [5, 5.41) is 13.2. The molecule has 7 nitrogen and oxygen atoms in total. The van der Waals surface area contributed by atoms with Crippen LogP contribution in [0.15, 0.2) is 12.1 Å². The van der Waals surface area contributed by atoms with Crippen molar-refractivity contribution in [3.05, 3.63) is 33.6 Å². The molecule has 1 rings (SSSR count). The van der Waals surface area contributed by atoms with E-state index in [1.807, 2.05) is 0 Å². The fraction of sp³-hybridized carbons (Fsp3) is 0.364. The van der Waals surface area contributed by atoms with E-state index in [-0.39, 0.29) is 11.3 Å². The van der Waals surface area contributed by atoms with Crippen LogP contribution in [-0.4, -0.2) is 31.1 Å². The maximum Gasteiger partial charge on any atom is 0.285 e. The molecule has 8 heteroatoms. The summed E-state index contributed by atoms with van der Waals surface area (Å²) in [4.78, 5) is 21.7. The van der Waals surface area contributed by atoms with Crippen LogP contribution in [0.3, 0.4) is 0 Å². The Morgan fingerprint density at radius 2 is 2.26 bits per heavy atom. The normalized spacial score (nSPS) is 10.2. The number of nitrogens with one attached hydrogen (secondary N) is 1. The number of nitro benzene ring substituents is 1. The van der Waals surface area contributed by atoms with Crippen molar-refractivity contribution in [1.82, 2.24) is 5.32 Å². The van der Waals surface area contributed by atoms with E-state index in [9.17, 15) is 19.3 Å². The van der Waals surface area contributed by atoms with E-state index in [4.69, 9.17) is 10.5 Å². The number of nitrogen functional groups attached to an aromatic ring is 1. The van der Waals surface area contributed by atoms with Crippen LogP contribution < -0.4 is 11.1 Å². The minimum absolute atomic E-state index is 0.263. The Hall–Kier alpha value is -2.22. The molecule has 0 saturated heterocycles. The standard InChI is InChI=1S/C11H14FN3O4/c1-19-4-2-3-14-11(16)7-5-9(13)8(12)6-10(7)15(17)18/h5-6H,2-4,13H2,1H3,(H,14,16). The average Bonchev–Trinajstić information content (AvgIpc) is 2.36. The Morgan fingerprint density at radius 3 is 2.84 bits per heavy atom. The molecule has 0 atom stereocenters. The molecule has 0 bridgehead atoms. The fourth-order valence-corrected chi connectivity index (χ4v) is 1.43. The molecule has 0 fully saturated rings. The van der Waals surface area contributed by atoms with Crippen LogP contribution >= 0.6 is 0 Å². The van der Waals surface area contributed by atoms with E-state index in [1.54, 1.807) is 0 Å². The summed E-state index contributed by atoms with van der Waals surface area (Å²) in [7, 11) is 1.52. The van der Waals surface area contributed by atoms with Crippen LogP contribution in [0, 0.1) is 15.9 Å². The Labute approximate surface area is 108 Å². The number of nitrogens with two attached hydrogens (primary N) is 1. The van der Waals surface area contributed by atoms with Crippen molar-refractivity contribution >= 4 is 17.3 Å². The van der Waals surface area contributed by atoms with Crippen LogP contribution in [0.5, 0.6) is 0 Å². The molecule has 0 radical (unpaired) electrons. The maximum absolute atomic E-state index is 13.2. The van der Waals surface area contributed by atoms with Gasteiger partial charge in [-0.2, -0.15) is 0 Å². The van der Waals surface area contributed by atoms with Crippen molar-refractivity contribution in [2.45, 2.75) is 6.42 Å². The molecule has 0 aromatic heterocycles. The molecule has 0 saturated carbocycles. The predicted molar refractivity (Wildman–Crippen MR) is 66.3 cm³/mol. The van der Waals surface area contributed by atoms with Gasteiger partial charge in [0.1, 0.15) is 5.56 Å². The van der Waals surface area contributed by atoms with Crippen LogP contribution in [0.1, 0.15) is 16.8 Å². The minimum atomic E-state index is -0.928. The quantitative estimate of drug-likeness (QED) is 0.348. The Balaban J connectivity index is 2.89. The van der Waals surface area contributed by atoms with Gasteiger partial charge in [-0.05, 0) is 12.5 Å². The number of nitrogens with zero attached hydrogens (tertiary/aromatic N) is 1. The van der Waals surface area contributed by atoms with Gasteiger partial charge in [0, 0.05) is 20.3 Å². The number of hydrogen-bond acceptors (Lipinski definition) is 5. The Bertz CT molecular complexity index is 493. The maximum atomic E-state index is 13.2. The number of benzene rings is 1. The van der Waals surface area contributed by atoms with Crippen LogP contribution in [0.25, 0.3) is 0 Å². The second-order valence-electron chi connectivity index (χ2n) is 3.75. The Kier molecular flexibility index (Phi) is 5.19. The number of carbonyl (C=O) groups excluding carboxylic acids is 1. The monoisotopic (exact) mass is 271 g/mol. The van der Waals surface area contributed by atoms with Gasteiger partial charge in [-0.3, -0.25) is 14.9 Å². The van der Waals surface area contributed by atoms with Crippen molar-refractivity contribution in [3.8, 4) is 0 Å². The number of ether oxygens (including phenoxy) is 1. The van der Waals surface area contributed by atoms with Gasteiger partial charge in [0.05, 0.1) is 16.7 Å². The molecule has 1 amide bonds. The third kappa shape index (κ3) is 3.88. The molecule has 0 unspecified atom stereocenters. The van der Waals surface area contributed by atoms with Crippen LogP contribution in [0.4, 0.5) is 15.8 Å². The molecule has 1 aromatic carbocycles. The van der Waals surface area contributed by atoms with Crippen molar-refractivity contribution < 1.29 is 18.8 Å². The molecule has 0 spiro atoms. The number of nitro groups is 1. The Morgan fingerprint density at radius 1 is 1.58 bits per heavy atom. The van der Waals surface area contributed by atoms with Crippen molar-refractivity contribution in [3.63, 3.8) is 0 Å². The zero-order chi connectivity index (χ0) is 14.4. The number of anilines is 1. The van der Waals surface area contributed by atoms with Crippen molar-refractivity contribution in [2.24, 2.45) is 0 Å². The zero-order valence-corrected chi connectivity index (χ0v) is 10.3. The highest BCUT2D eigenvalue weighted by atomic mass is 19.1. The SMILES string of the molecule is COCCCNC(=O)c1cc(N)c(F)cc1[N+](=O)[O-]. The third-order valence-electron chi connectivity index (χ3n) is 2.37. The first-order valence-corrected chi connectivity index (χ1v) is 5.48. The van der Waals surface area contributed by atoms with Gasteiger partial charge in [0.25, 0.3) is 11.6 Å². The second kappa shape index (κ2) is 6.64. The fourth-order valence-electron chi connectivity index (χ4n) is 1.43. The summed E-state index contributed by atoms with van der Waals surface area (Å²) in [6.07, 6.45) is 0.562. The lowest BCUT2D eigenvalue weighted by atomic mass is 10.1. The van der Waals surface area contributed by atoms with Gasteiger partial charge in [0.2, 0.25) is 0 Å². The smallest absolute Gasteiger partial charge is 0.285 e. The largest absolute Gasteiger partial charge is 0.396 e. The van der Waals surface area contributed by atoms with Gasteiger partial charge in [-0.25, -0.2) is 4.39 Å². The molecule has 3 N–H and O–H groups in total. The summed E-state index contributed by atoms with van der Waals surface area (Å²) >= 11 is 0. The molecule has 0 heterocycles. The molecular formula is C11H14FN3O4. The zero-order valence-electron chi connectivity index (χ0n) is 10.3.